The number of rotatable bonds is 5. The molecular weight excluding hydrogens is 278 g/mol. The van der Waals surface area contributed by atoms with Crippen LogP contribution in [0.1, 0.15) is 43.2 Å². The molecule has 0 saturated heterocycles. The molecule has 0 unspecified atom stereocenters. The highest BCUT2D eigenvalue weighted by atomic mass is 16.5. The van der Waals surface area contributed by atoms with Gasteiger partial charge in [0.2, 0.25) is 5.91 Å². The Balaban J connectivity index is 1.73. The van der Waals surface area contributed by atoms with E-state index in [4.69, 9.17) is 9.47 Å². The van der Waals surface area contributed by atoms with Crippen LogP contribution in [-0.2, 0) is 22.6 Å². The first-order chi connectivity index (χ1) is 10.8. The monoisotopic (exact) mass is 301 g/mol. The van der Waals surface area contributed by atoms with Gasteiger partial charge in [0.15, 0.2) is 0 Å². The minimum absolute atomic E-state index is 0.196. The van der Waals surface area contributed by atoms with Crippen LogP contribution in [-0.4, -0.2) is 18.6 Å². The standard InChI is InChI=1S/C18H23NO3/c1-2-17(20)19-15-10-13-8-9-21-18(13)14(11-15)12-22-16-6-4-3-5-7-16/h2,10-11,16H,1,3-9,12H2,(H,19,20). The number of carbonyl (C=O) groups is 1. The lowest BCUT2D eigenvalue weighted by Gasteiger charge is -2.22. The maximum Gasteiger partial charge on any atom is 0.247 e. The lowest BCUT2D eigenvalue weighted by molar-refractivity contribution is -0.111. The second-order valence-electron chi connectivity index (χ2n) is 5.99. The van der Waals surface area contributed by atoms with Crippen LogP contribution >= 0.6 is 0 Å². The zero-order valence-corrected chi connectivity index (χ0v) is 12.9. The SMILES string of the molecule is C=CC(=O)Nc1cc2c(c(COC3CCCCC3)c1)OCC2. The first kappa shape index (κ1) is 15.1. The fraction of sp³-hybridized carbons (Fsp3) is 0.500. The molecule has 118 valence electrons. The first-order valence-corrected chi connectivity index (χ1v) is 8.10. The van der Waals surface area contributed by atoms with Gasteiger partial charge in [0.25, 0.3) is 0 Å². The predicted octanol–water partition coefficient (Wildman–Crippen LogP) is 3.60. The Morgan fingerprint density at radius 1 is 1.36 bits per heavy atom. The first-order valence-electron chi connectivity index (χ1n) is 8.10. The zero-order chi connectivity index (χ0) is 15.4. The van der Waals surface area contributed by atoms with Crippen LogP contribution in [0, 0.1) is 0 Å². The van der Waals surface area contributed by atoms with Gasteiger partial charge in [-0.1, -0.05) is 25.8 Å². The average molecular weight is 301 g/mol. The number of hydrogen-bond acceptors (Lipinski definition) is 3. The van der Waals surface area contributed by atoms with E-state index in [0.29, 0.717) is 19.3 Å². The van der Waals surface area contributed by atoms with Gasteiger partial charge in [-0.25, -0.2) is 0 Å². The van der Waals surface area contributed by atoms with E-state index in [1.165, 1.54) is 25.3 Å². The van der Waals surface area contributed by atoms with Crippen molar-refractivity contribution in [3.8, 4) is 5.75 Å². The molecule has 1 fully saturated rings. The molecule has 1 saturated carbocycles. The van der Waals surface area contributed by atoms with E-state index < -0.39 is 0 Å². The zero-order valence-electron chi connectivity index (χ0n) is 12.9. The van der Waals surface area contributed by atoms with Crippen LogP contribution in [0.15, 0.2) is 24.8 Å². The van der Waals surface area contributed by atoms with Gasteiger partial charge in [-0.15, -0.1) is 0 Å². The Kier molecular flexibility index (Phi) is 4.78. The number of ether oxygens (including phenoxy) is 2. The van der Waals surface area contributed by atoms with Crippen molar-refractivity contribution in [1.82, 2.24) is 0 Å². The van der Waals surface area contributed by atoms with Gasteiger partial charge in [0, 0.05) is 17.7 Å². The summed E-state index contributed by atoms with van der Waals surface area (Å²) in [6.45, 7) is 4.73. The van der Waals surface area contributed by atoms with Crippen LogP contribution < -0.4 is 10.1 Å². The molecule has 1 aliphatic heterocycles. The fourth-order valence-electron chi connectivity index (χ4n) is 3.20. The Labute approximate surface area is 131 Å². The highest BCUT2D eigenvalue weighted by Gasteiger charge is 2.20. The largest absolute Gasteiger partial charge is 0.493 e. The van der Waals surface area contributed by atoms with E-state index in [0.717, 1.165) is 41.8 Å². The summed E-state index contributed by atoms with van der Waals surface area (Å²) in [7, 11) is 0. The van der Waals surface area contributed by atoms with E-state index in [2.05, 4.69) is 11.9 Å². The number of amides is 1. The Morgan fingerprint density at radius 2 is 2.18 bits per heavy atom. The molecule has 3 rings (SSSR count). The minimum Gasteiger partial charge on any atom is -0.493 e. The molecule has 1 N–H and O–H groups in total. The third kappa shape index (κ3) is 3.50. The molecule has 22 heavy (non-hydrogen) atoms. The summed E-state index contributed by atoms with van der Waals surface area (Å²) in [6.07, 6.45) is 8.65. The topological polar surface area (TPSA) is 47.6 Å². The van der Waals surface area contributed by atoms with Crippen molar-refractivity contribution in [2.24, 2.45) is 0 Å². The molecule has 0 aromatic heterocycles. The van der Waals surface area contributed by atoms with Crippen molar-refractivity contribution < 1.29 is 14.3 Å². The molecule has 1 amide bonds. The number of hydrogen-bond donors (Lipinski definition) is 1. The summed E-state index contributed by atoms with van der Waals surface area (Å²) < 4.78 is 11.8. The normalized spacial score (nSPS) is 17.6. The molecular formula is C18H23NO3. The van der Waals surface area contributed by atoms with Gasteiger partial charge in [0.1, 0.15) is 5.75 Å². The summed E-state index contributed by atoms with van der Waals surface area (Å²) in [5.41, 5.74) is 2.96. The molecule has 1 aromatic carbocycles. The van der Waals surface area contributed by atoms with E-state index in [9.17, 15) is 4.79 Å². The van der Waals surface area contributed by atoms with Crippen molar-refractivity contribution >= 4 is 11.6 Å². The highest BCUT2D eigenvalue weighted by Crippen LogP contribution is 2.34. The summed E-state index contributed by atoms with van der Waals surface area (Å²) in [4.78, 5) is 11.5. The number of benzene rings is 1. The molecule has 0 bridgehead atoms. The second-order valence-corrected chi connectivity index (χ2v) is 5.99. The van der Waals surface area contributed by atoms with Gasteiger partial charge in [-0.05, 0) is 36.6 Å². The van der Waals surface area contributed by atoms with E-state index >= 15 is 0 Å². The maximum absolute atomic E-state index is 11.5. The molecule has 1 aromatic rings. The maximum atomic E-state index is 11.5. The summed E-state index contributed by atoms with van der Waals surface area (Å²) >= 11 is 0. The Hall–Kier alpha value is -1.81. The fourth-order valence-corrected chi connectivity index (χ4v) is 3.20. The minimum atomic E-state index is -0.196. The lowest BCUT2D eigenvalue weighted by atomic mass is 9.98. The summed E-state index contributed by atoms with van der Waals surface area (Å²) in [6, 6.07) is 3.93. The third-order valence-electron chi connectivity index (χ3n) is 4.34. The summed E-state index contributed by atoms with van der Waals surface area (Å²) in [5, 5.41) is 2.83. The van der Waals surface area contributed by atoms with Crippen molar-refractivity contribution in [1.29, 1.82) is 0 Å². The van der Waals surface area contributed by atoms with Gasteiger partial charge in [-0.2, -0.15) is 0 Å². The van der Waals surface area contributed by atoms with E-state index in [1.54, 1.807) is 0 Å². The third-order valence-corrected chi connectivity index (χ3v) is 4.34. The van der Waals surface area contributed by atoms with E-state index in [-0.39, 0.29) is 5.91 Å². The number of nitrogens with one attached hydrogen (secondary N) is 1. The molecule has 4 nitrogen and oxygen atoms in total. The van der Waals surface area contributed by atoms with Gasteiger partial charge in [-0.3, -0.25) is 4.79 Å². The smallest absolute Gasteiger partial charge is 0.247 e. The molecule has 0 radical (unpaired) electrons. The number of anilines is 1. The quantitative estimate of drug-likeness (QED) is 0.845. The molecule has 1 heterocycles. The van der Waals surface area contributed by atoms with Crippen LogP contribution in [0.3, 0.4) is 0 Å². The van der Waals surface area contributed by atoms with Crippen LogP contribution in [0.5, 0.6) is 5.75 Å². The van der Waals surface area contributed by atoms with Crippen molar-refractivity contribution in [2.45, 2.75) is 51.2 Å². The van der Waals surface area contributed by atoms with Crippen molar-refractivity contribution in [2.75, 3.05) is 11.9 Å². The predicted molar refractivity (Wildman–Crippen MR) is 86.1 cm³/mol. The van der Waals surface area contributed by atoms with E-state index in [1.807, 2.05) is 12.1 Å². The number of fused-ring (bicyclic) bond motifs is 1. The molecule has 0 atom stereocenters. The van der Waals surface area contributed by atoms with Gasteiger partial charge < -0.3 is 14.8 Å². The molecule has 2 aliphatic rings. The van der Waals surface area contributed by atoms with Crippen LogP contribution in [0.4, 0.5) is 5.69 Å². The van der Waals surface area contributed by atoms with Gasteiger partial charge in [0.05, 0.1) is 19.3 Å². The molecule has 4 heteroatoms. The highest BCUT2D eigenvalue weighted by molar-refractivity contribution is 5.99. The number of carbonyl (C=O) groups excluding carboxylic acids is 1. The average Bonchev–Trinajstić information content (AvgIpc) is 3.02. The Morgan fingerprint density at radius 3 is 2.95 bits per heavy atom. The van der Waals surface area contributed by atoms with Crippen LogP contribution in [0.25, 0.3) is 0 Å². The Bertz CT molecular complexity index is 562. The molecule has 0 spiro atoms. The van der Waals surface area contributed by atoms with Crippen LogP contribution in [0.2, 0.25) is 0 Å². The lowest BCUT2D eigenvalue weighted by Crippen LogP contribution is -2.16. The second kappa shape index (κ2) is 6.97. The van der Waals surface area contributed by atoms with Crippen molar-refractivity contribution in [3.63, 3.8) is 0 Å². The van der Waals surface area contributed by atoms with Crippen molar-refractivity contribution in [3.05, 3.63) is 35.9 Å². The molecule has 1 aliphatic carbocycles. The van der Waals surface area contributed by atoms with Gasteiger partial charge >= 0.3 is 0 Å². The summed E-state index contributed by atoms with van der Waals surface area (Å²) in [5.74, 6) is 0.741.